The molecule has 2 atom stereocenters. The molecule has 84 valence electrons. The summed E-state index contributed by atoms with van der Waals surface area (Å²) < 4.78 is 0. The van der Waals surface area contributed by atoms with Gasteiger partial charge in [0, 0.05) is 13.1 Å². The highest BCUT2D eigenvalue weighted by Gasteiger charge is 2.09. The fourth-order valence-corrected chi connectivity index (χ4v) is 1.38. The maximum atomic E-state index is 9.33. The van der Waals surface area contributed by atoms with Crippen molar-refractivity contribution in [1.82, 2.24) is 4.98 Å². The van der Waals surface area contributed by atoms with Gasteiger partial charge in [-0.2, -0.15) is 0 Å². The summed E-state index contributed by atoms with van der Waals surface area (Å²) in [6.45, 7) is 6.07. The summed E-state index contributed by atoms with van der Waals surface area (Å²) >= 11 is 0. The number of aromatic nitrogens is 1. The molecule has 1 aromatic heterocycles. The molecule has 1 heterocycles. The molecule has 0 fully saturated rings. The Morgan fingerprint density at radius 2 is 2.07 bits per heavy atom. The van der Waals surface area contributed by atoms with Crippen molar-refractivity contribution in [2.75, 3.05) is 11.9 Å². The first kappa shape index (κ1) is 12.0. The second-order valence-electron chi connectivity index (χ2n) is 3.99. The number of rotatable bonds is 4. The minimum Gasteiger partial charge on any atom is -0.387 e. The summed E-state index contributed by atoms with van der Waals surface area (Å²) in [5, 5.41) is 9.33. The minimum absolute atomic E-state index is 0.493. The van der Waals surface area contributed by atoms with Crippen LogP contribution >= 0.6 is 0 Å². The van der Waals surface area contributed by atoms with E-state index in [0.29, 0.717) is 6.04 Å². The lowest BCUT2D eigenvalue weighted by molar-refractivity contribution is 0.194. The van der Waals surface area contributed by atoms with E-state index in [2.05, 4.69) is 30.8 Å². The molecule has 0 aliphatic rings. The van der Waals surface area contributed by atoms with Gasteiger partial charge >= 0.3 is 0 Å². The number of aliphatic hydroxyl groups is 1. The van der Waals surface area contributed by atoms with Gasteiger partial charge in [-0.15, -0.1) is 0 Å². The van der Waals surface area contributed by atoms with Crippen molar-refractivity contribution < 1.29 is 5.11 Å². The molecule has 0 saturated carbocycles. The number of hydrogen-bond donors (Lipinski definition) is 1. The molecule has 1 aromatic rings. The molecule has 0 bridgehead atoms. The van der Waals surface area contributed by atoms with E-state index in [1.165, 1.54) is 0 Å². The molecule has 0 aromatic carbocycles. The lowest BCUT2D eigenvalue weighted by Crippen LogP contribution is -2.28. The van der Waals surface area contributed by atoms with Gasteiger partial charge < -0.3 is 10.0 Å². The van der Waals surface area contributed by atoms with E-state index in [4.69, 9.17) is 0 Å². The van der Waals surface area contributed by atoms with Crippen molar-refractivity contribution in [3.05, 3.63) is 24.0 Å². The highest BCUT2D eigenvalue weighted by molar-refractivity contribution is 5.44. The van der Waals surface area contributed by atoms with Gasteiger partial charge in [-0.25, -0.2) is 0 Å². The zero-order chi connectivity index (χ0) is 11.4. The zero-order valence-electron chi connectivity index (χ0n) is 9.94. The van der Waals surface area contributed by atoms with Crippen LogP contribution in [0.15, 0.2) is 18.3 Å². The minimum atomic E-state index is -0.493. The van der Waals surface area contributed by atoms with E-state index < -0.39 is 6.10 Å². The molecule has 0 saturated heterocycles. The van der Waals surface area contributed by atoms with E-state index >= 15 is 0 Å². The SMILES string of the molecule is CCC(C)N(C)c1ccc([C@@H](C)O)nc1. The molecule has 0 aliphatic carbocycles. The molecule has 0 spiro atoms. The molecule has 1 rings (SSSR count). The van der Waals surface area contributed by atoms with Gasteiger partial charge in [0.1, 0.15) is 0 Å². The quantitative estimate of drug-likeness (QED) is 0.825. The molecular weight excluding hydrogens is 188 g/mol. The summed E-state index contributed by atoms with van der Waals surface area (Å²) in [4.78, 5) is 6.42. The third-order valence-electron chi connectivity index (χ3n) is 2.86. The number of aliphatic hydroxyl groups excluding tert-OH is 1. The second kappa shape index (κ2) is 5.12. The van der Waals surface area contributed by atoms with E-state index in [0.717, 1.165) is 17.8 Å². The fraction of sp³-hybridized carbons (Fsp3) is 0.583. The largest absolute Gasteiger partial charge is 0.387 e. The summed E-state index contributed by atoms with van der Waals surface area (Å²) in [5.74, 6) is 0. The Labute approximate surface area is 91.8 Å². The van der Waals surface area contributed by atoms with Crippen LogP contribution in [0.4, 0.5) is 5.69 Å². The Balaban J connectivity index is 2.79. The highest BCUT2D eigenvalue weighted by Crippen LogP contribution is 2.17. The van der Waals surface area contributed by atoms with E-state index in [1.807, 2.05) is 18.3 Å². The zero-order valence-corrected chi connectivity index (χ0v) is 9.94. The normalized spacial score (nSPS) is 14.7. The number of pyridine rings is 1. The van der Waals surface area contributed by atoms with Gasteiger partial charge in [-0.3, -0.25) is 4.98 Å². The van der Waals surface area contributed by atoms with Gasteiger partial charge in [-0.1, -0.05) is 6.92 Å². The Bertz CT molecular complexity index is 295. The van der Waals surface area contributed by atoms with Crippen LogP contribution < -0.4 is 4.90 Å². The summed E-state index contributed by atoms with van der Waals surface area (Å²) in [6.07, 6.45) is 2.43. The summed E-state index contributed by atoms with van der Waals surface area (Å²) in [7, 11) is 2.06. The Kier molecular flexibility index (Phi) is 4.09. The number of anilines is 1. The van der Waals surface area contributed by atoms with Gasteiger partial charge in [-0.05, 0) is 32.4 Å². The molecule has 0 amide bonds. The van der Waals surface area contributed by atoms with Crippen molar-refractivity contribution in [2.24, 2.45) is 0 Å². The van der Waals surface area contributed by atoms with Gasteiger partial charge in [0.15, 0.2) is 0 Å². The monoisotopic (exact) mass is 208 g/mol. The van der Waals surface area contributed by atoms with Crippen molar-refractivity contribution in [1.29, 1.82) is 0 Å². The molecule has 0 radical (unpaired) electrons. The van der Waals surface area contributed by atoms with Crippen LogP contribution in [0.3, 0.4) is 0 Å². The van der Waals surface area contributed by atoms with Crippen molar-refractivity contribution in [3.63, 3.8) is 0 Å². The molecule has 3 nitrogen and oxygen atoms in total. The van der Waals surface area contributed by atoms with Crippen LogP contribution in [-0.4, -0.2) is 23.2 Å². The van der Waals surface area contributed by atoms with Crippen LogP contribution in [0.2, 0.25) is 0 Å². The first-order chi connectivity index (χ1) is 7.06. The predicted octanol–water partition coefficient (Wildman–Crippen LogP) is 2.37. The number of hydrogen-bond acceptors (Lipinski definition) is 3. The van der Waals surface area contributed by atoms with Crippen LogP contribution in [0.1, 0.15) is 39.0 Å². The topological polar surface area (TPSA) is 36.4 Å². The smallest absolute Gasteiger partial charge is 0.0931 e. The van der Waals surface area contributed by atoms with Crippen molar-refractivity contribution in [3.8, 4) is 0 Å². The Morgan fingerprint density at radius 1 is 1.40 bits per heavy atom. The highest BCUT2D eigenvalue weighted by atomic mass is 16.3. The first-order valence-corrected chi connectivity index (χ1v) is 5.43. The standard InChI is InChI=1S/C12H20N2O/c1-5-9(2)14(4)11-6-7-12(10(3)15)13-8-11/h6-10,15H,5H2,1-4H3/t9?,10-/m1/s1. The van der Waals surface area contributed by atoms with Gasteiger partial charge in [0.25, 0.3) is 0 Å². The lowest BCUT2D eigenvalue weighted by atomic mass is 10.2. The predicted molar refractivity (Wildman–Crippen MR) is 63.0 cm³/mol. The van der Waals surface area contributed by atoms with Crippen LogP contribution in [0.5, 0.6) is 0 Å². The van der Waals surface area contributed by atoms with E-state index in [-0.39, 0.29) is 0 Å². The maximum absolute atomic E-state index is 9.33. The summed E-state index contributed by atoms with van der Waals surface area (Å²) in [5.41, 5.74) is 1.81. The average Bonchev–Trinajstić information content (AvgIpc) is 2.27. The lowest BCUT2D eigenvalue weighted by Gasteiger charge is -2.25. The van der Waals surface area contributed by atoms with E-state index in [1.54, 1.807) is 6.92 Å². The fourth-order valence-electron chi connectivity index (χ4n) is 1.38. The molecule has 3 heteroatoms. The van der Waals surface area contributed by atoms with Crippen molar-refractivity contribution in [2.45, 2.75) is 39.3 Å². The molecule has 15 heavy (non-hydrogen) atoms. The molecule has 0 aliphatic heterocycles. The molecular formula is C12H20N2O. The Hall–Kier alpha value is -1.09. The third-order valence-corrected chi connectivity index (χ3v) is 2.86. The van der Waals surface area contributed by atoms with Crippen LogP contribution in [0, 0.1) is 0 Å². The van der Waals surface area contributed by atoms with Crippen LogP contribution in [-0.2, 0) is 0 Å². The number of nitrogens with zero attached hydrogens (tertiary/aromatic N) is 2. The first-order valence-electron chi connectivity index (χ1n) is 5.43. The summed E-state index contributed by atoms with van der Waals surface area (Å²) in [6, 6.07) is 4.38. The van der Waals surface area contributed by atoms with E-state index in [9.17, 15) is 5.11 Å². The maximum Gasteiger partial charge on any atom is 0.0931 e. The Morgan fingerprint density at radius 3 is 2.47 bits per heavy atom. The molecule has 1 unspecified atom stereocenters. The molecule has 1 N–H and O–H groups in total. The van der Waals surface area contributed by atoms with Gasteiger partial charge in [0.05, 0.1) is 23.7 Å². The van der Waals surface area contributed by atoms with Gasteiger partial charge in [0.2, 0.25) is 0 Å². The second-order valence-corrected chi connectivity index (χ2v) is 3.99. The van der Waals surface area contributed by atoms with Crippen molar-refractivity contribution >= 4 is 5.69 Å². The third kappa shape index (κ3) is 2.93. The van der Waals surface area contributed by atoms with Crippen LogP contribution in [0.25, 0.3) is 0 Å². The average molecular weight is 208 g/mol.